The fraction of sp³-hybridized carbons (Fsp3) is 0.500. The summed E-state index contributed by atoms with van der Waals surface area (Å²) in [7, 11) is 0. The van der Waals surface area contributed by atoms with E-state index in [0.717, 1.165) is 30.9 Å². The Morgan fingerprint density at radius 3 is 2.63 bits per heavy atom. The summed E-state index contributed by atoms with van der Waals surface area (Å²) in [5.74, 6) is -1.69. The minimum absolute atomic E-state index is 0.350. The van der Waals surface area contributed by atoms with E-state index in [2.05, 4.69) is 6.08 Å². The van der Waals surface area contributed by atoms with E-state index in [4.69, 9.17) is 0 Å². The molecule has 1 aliphatic rings. The predicted molar refractivity (Wildman–Crippen MR) is 71.9 cm³/mol. The van der Waals surface area contributed by atoms with Crippen molar-refractivity contribution in [3.8, 4) is 0 Å². The first-order valence-corrected chi connectivity index (χ1v) is 6.98. The summed E-state index contributed by atoms with van der Waals surface area (Å²) in [6, 6.07) is 3.82. The summed E-state index contributed by atoms with van der Waals surface area (Å²) in [5.41, 5.74) is 1.68. The van der Waals surface area contributed by atoms with Gasteiger partial charge < -0.3 is 5.11 Å². The molecule has 1 aromatic carbocycles. The van der Waals surface area contributed by atoms with Gasteiger partial charge in [-0.05, 0) is 49.0 Å². The van der Waals surface area contributed by atoms with Gasteiger partial charge in [0, 0.05) is 6.42 Å². The number of benzene rings is 1. The molecule has 1 aliphatic carbocycles. The summed E-state index contributed by atoms with van der Waals surface area (Å²) in [4.78, 5) is 0. The van der Waals surface area contributed by atoms with E-state index in [-0.39, 0.29) is 0 Å². The summed E-state index contributed by atoms with van der Waals surface area (Å²) >= 11 is 0. The monoisotopic (exact) mass is 266 g/mol. The van der Waals surface area contributed by atoms with Gasteiger partial charge in [-0.3, -0.25) is 0 Å². The smallest absolute Gasteiger partial charge is 0.159 e. The van der Waals surface area contributed by atoms with Gasteiger partial charge in [0.25, 0.3) is 0 Å². The Morgan fingerprint density at radius 2 is 1.84 bits per heavy atom. The maximum Gasteiger partial charge on any atom is 0.159 e. The van der Waals surface area contributed by atoms with Gasteiger partial charge in [-0.1, -0.05) is 25.0 Å². The largest absolute Gasteiger partial charge is 0.388 e. The van der Waals surface area contributed by atoms with Crippen molar-refractivity contribution in [2.45, 2.75) is 51.0 Å². The van der Waals surface area contributed by atoms with E-state index >= 15 is 0 Å². The molecule has 1 nitrogen and oxygen atoms in total. The molecule has 3 heteroatoms. The quantitative estimate of drug-likeness (QED) is 0.815. The number of hydrogen-bond acceptors (Lipinski definition) is 1. The SMILES string of the molecule is OC(Cc1ccc(F)c(F)c1)/C1=C/CCCCCC1. The number of rotatable bonds is 3. The van der Waals surface area contributed by atoms with Gasteiger partial charge in [-0.25, -0.2) is 8.78 Å². The molecule has 2 rings (SSSR count). The lowest BCUT2D eigenvalue weighted by atomic mass is 9.93. The van der Waals surface area contributed by atoms with Crippen LogP contribution in [0.25, 0.3) is 0 Å². The summed E-state index contributed by atoms with van der Waals surface area (Å²) in [5, 5.41) is 10.2. The Balaban J connectivity index is 2.02. The predicted octanol–water partition coefficient (Wildman–Crippen LogP) is 4.15. The standard InChI is InChI=1S/C16H20F2O/c17-14-9-8-12(10-15(14)18)11-16(19)13-6-4-2-1-3-5-7-13/h6,8-10,16,19H,1-5,7,11H2/b13-6+. The lowest BCUT2D eigenvalue weighted by molar-refractivity contribution is 0.205. The van der Waals surface area contributed by atoms with E-state index in [1.807, 2.05) is 0 Å². The van der Waals surface area contributed by atoms with E-state index in [0.29, 0.717) is 12.0 Å². The lowest BCUT2D eigenvalue weighted by Gasteiger charge is -2.17. The van der Waals surface area contributed by atoms with Crippen LogP contribution in [-0.2, 0) is 6.42 Å². The van der Waals surface area contributed by atoms with Crippen LogP contribution in [0.5, 0.6) is 0 Å². The second-order valence-electron chi connectivity index (χ2n) is 5.20. The van der Waals surface area contributed by atoms with E-state index in [1.54, 1.807) is 0 Å². The van der Waals surface area contributed by atoms with Crippen molar-refractivity contribution in [3.05, 3.63) is 47.0 Å². The Kier molecular flexibility index (Phi) is 5.08. The van der Waals surface area contributed by atoms with Gasteiger partial charge in [0.1, 0.15) is 0 Å². The zero-order chi connectivity index (χ0) is 13.7. The fourth-order valence-electron chi connectivity index (χ4n) is 2.54. The highest BCUT2D eigenvalue weighted by molar-refractivity contribution is 5.21. The van der Waals surface area contributed by atoms with Crippen LogP contribution in [-0.4, -0.2) is 11.2 Å². The molecule has 104 valence electrons. The minimum atomic E-state index is -0.851. The molecule has 0 saturated carbocycles. The van der Waals surface area contributed by atoms with Crippen molar-refractivity contribution >= 4 is 0 Å². The zero-order valence-electron chi connectivity index (χ0n) is 11.0. The number of hydrogen-bond donors (Lipinski definition) is 1. The van der Waals surface area contributed by atoms with Crippen molar-refractivity contribution in [2.75, 3.05) is 0 Å². The third kappa shape index (κ3) is 4.13. The van der Waals surface area contributed by atoms with Gasteiger partial charge in [0.2, 0.25) is 0 Å². The van der Waals surface area contributed by atoms with Gasteiger partial charge >= 0.3 is 0 Å². The average molecular weight is 266 g/mol. The summed E-state index contributed by atoms with van der Waals surface area (Å²) in [6.07, 6.45) is 8.52. The second-order valence-corrected chi connectivity index (χ2v) is 5.20. The molecule has 0 aromatic heterocycles. The number of halogens is 2. The van der Waals surface area contributed by atoms with Crippen LogP contribution in [0.1, 0.15) is 44.1 Å². The summed E-state index contributed by atoms with van der Waals surface area (Å²) < 4.78 is 26.0. The van der Waals surface area contributed by atoms with Crippen LogP contribution in [0.3, 0.4) is 0 Å². The molecule has 0 amide bonds. The molecule has 0 saturated heterocycles. The van der Waals surface area contributed by atoms with Gasteiger partial charge in [-0.2, -0.15) is 0 Å². The topological polar surface area (TPSA) is 20.2 Å². The Bertz CT molecular complexity index is 454. The van der Waals surface area contributed by atoms with Crippen LogP contribution in [0.4, 0.5) is 8.78 Å². The van der Waals surface area contributed by atoms with Crippen LogP contribution in [0.15, 0.2) is 29.8 Å². The maximum atomic E-state index is 13.1. The third-order valence-corrected chi connectivity index (χ3v) is 3.67. The molecule has 1 N–H and O–H groups in total. The first kappa shape index (κ1) is 14.2. The minimum Gasteiger partial charge on any atom is -0.388 e. The van der Waals surface area contributed by atoms with Crippen LogP contribution >= 0.6 is 0 Å². The normalized spacial score (nSPS) is 21.1. The molecule has 1 aromatic rings. The Hall–Kier alpha value is -1.22. The number of aliphatic hydroxyl groups excluding tert-OH is 1. The zero-order valence-corrected chi connectivity index (χ0v) is 11.0. The van der Waals surface area contributed by atoms with Crippen molar-refractivity contribution in [2.24, 2.45) is 0 Å². The lowest BCUT2D eigenvalue weighted by Crippen LogP contribution is -2.15. The van der Waals surface area contributed by atoms with Crippen LogP contribution in [0.2, 0.25) is 0 Å². The first-order chi connectivity index (χ1) is 9.16. The van der Waals surface area contributed by atoms with Crippen LogP contribution in [0, 0.1) is 11.6 Å². The Labute approximate surface area is 113 Å². The molecule has 19 heavy (non-hydrogen) atoms. The van der Waals surface area contributed by atoms with Crippen LogP contribution < -0.4 is 0 Å². The number of aliphatic hydroxyl groups is 1. The first-order valence-electron chi connectivity index (χ1n) is 6.98. The highest BCUT2D eigenvalue weighted by Gasteiger charge is 2.14. The second kappa shape index (κ2) is 6.80. The molecular weight excluding hydrogens is 246 g/mol. The molecule has 0 fully saturated rings. The molecule has 1 atom stereocenters. The fourth-order valence-corrected chi connectivity index (χ4v) is 2.54. The molecule has 0 spiro atoms. The molecule has 0 bridgehead atoms. The summed E-state index contributed by atoms with van der Waals surface area (Å²) in [6.45, 7) is 0. The Morgan fingerprint density at radius 1 is 1.05 bits per heavy atom. The van der Waals surface area contributed by atoms with Crippen molar-refractivity contribution in [1.82, 2.24) is 0 Å². The van der Waals surface area contributed by atoms with Crippen molar-refractivity contribution in [1.29, 1.82) is 0 Å². The van der Waals surface area contributed by atoms with Gasteiger partial charge in [0.05, 0.1) is 6.10 Å². The molecule has 0 radical (unpaired) electrons. The molecule has 1 unspecified atom stereocenters. The van der Waals surface area contributed by atoms with Gasteiger partial charge in [-0.15, -0.1) is 0 Å². The molecule has 0 aliphatic heterocycles. The third-order valence-electron chi connectivity index (χ3n) is 3.67. The van der Waals surface area contributed by atoms with E-state index in [1.165, 1.54) is 31.4 Å². The van der Waals surface area contributed by atoms with E-state index in [9.17, 15) is 13.9 Å². The maximum absolute atomic E-state index is 13.1. The average Bonchev–Trinajstić information content (AvgIpc) is 2.33. The molecular formula is C16H20F2O. The highest BCUT2D eigenvalue weighted by Crippen LogP contribution is 2.22. The van der Waals surface area contributed by atoms with E-state index < -0.39 is 17.7 Å². The van der Waals surface area contributed by atoms with Crippen molar-refractivity contribution in [3.63, 3.8) is 0 Å². The highest BCUT2D eigenvalue weighted by atomic mass is 19.2. The molecule has 0 heterocycles. The van der Waals surface area contributed by atoms with Gasteiger partial charge in [0.15, 0.2) is 11.6 Å². The van der Waals surface area contributed by atoms with Crippen molar-refractivity contribution < 1.29 is 13.9 Å². The number of allylic oxidation sites excluding steroid dienone is 1.